The molecular formula is C23H23NO7S. The maximum atomic E-state index is 13.1. The molecule has 1 unspecified atom stereocenters. The van der Waals surface area contributed by atoms with Gasteiger partial charge in [0.25, 0.3) is 0 Å². The number of aliphatic imine (C=N–C) groups is 1. The number of hydrogen-bond donors (Lipinski definition) is 1. The van der Waals surface area contributed by atoms with E-state index in [0.29, 0.717) is 26.9 Å². The van der Waals surface area contributed by atoms with Crippen LogP contribution in [0.25, 0.3) is 6.08 Å². The lowest BCUT2D eigenvalue weighted by Gasteiger charge is -2.09. The third kappa shape index (κ3) is 4.88. The number of ether oxygens (including phenoxy) is 4. The average Bonchev–Trinajstić information content (AvgIpc) is 3.09. The first-order chi connectivity index (χ1) is 15.4. The second kappa shape index (κ2) is 10.2. The number of Topliss-reactive ketones (excluding diaryl/α,β-unsaturated/α-hetero) is 1. The topological polar surface area (TPSA) is 104 Å². The molecule has 0 spiro atoms. The van der Waals surface area contributed by atoms with Gasteiger partial charge in [0.15, 0.2) is 23.2 Å². The van der Waals surface area contributed by atoms with E-state index in [4.69, 9.17) is 18.9 Å². The summed E-state index contributed by atoms with van der Waals surface area (Å²) in [5.74, 6) is -1.29. The number of thioether (sulfide) groups is 1. The zero-order chi connectivity index (χ0) is 23.3. The van der Waals surface area contributed by atoms with E-state index in [1.807, 2.05) is 0 Å². The summed E-state index contributed by atoms with van der Waals surface area (Å²) in [6.07, 6.45) is 1.60. The quantitative estimate of drug-likeness (QED) is 0.378. The summed E-state index contributed by atoms with van der Waals surface area (Å²) in [7, 11) is 4.39. The largest absolute Gasteiger partial charge is 0.502 e. The van der Waals surface area contributed by atoms with Crippen molar-refractivity contribution in [2.75, 3.05) is 27.9 Å². The molecule has 1 saturated heterocycles. The van der Waals surface area contributed by atoms with E-state index in [1.165, 1.54) is 14.2 Å². The molecule has 8 nitrogen and oxygen atoms in total. The Labute approximate surface area is 189 Å². The van der Waals surface area contributed by atoms with Crippen LogP contribution in [0, 0.1) is 5.92 Å². The Hall–Kier alpha value is -3.46. The molecule has 32 heavy (non-hydrogen) atoms. The molecule has 1 fully saturated rings. The third-order valence-electron chi connectivity index (χ3n) is 4.60. The van der Waals surface area contributed by atoms with E-state index in [-0.39, 0.29) is 23.9 Å². The Morgan fingerprint density at radius 1 is 1.09 bits per heavy atom. The van der Waals surface area contributed by atoms with Crippen LogP contribution in [0.15, 0.2) is 46.3 Å². The van der Waals surface area contributed by atoms with Crippen LogP contribution in [0.5, 0.6) is 23.0 Å². The van der Waals surface area contributed by atoms with Gasteiger partial charge in [-0.3, -0.25) is 9.59 Å². The molecule has 168 valence electrons. The van der Waals surface area contributed by atoms with E-state index >= 15 is 0 Å². The van der Waals surface area contributed by atoms with E-state index < -0.39 is 17.7 Å². The highest BCUT2D eigenvalue weighted by atomic mass is 32.2. The highest BCUT2D eigenvalue weighted by Gasteiger charge is 2.42. The fourth-order valence-corrected chi connectivity index (χ4v) is 4.14. The van der Waals surface area contributed by atoms with Crippen molar-refractivity contribution < 1.29 is 33.6 Å². The van der Waals surface area contributed by atoms with E-state index in [2.05, 4.69) is 4.99 Å². The Bertz CT molecular complexity index is 1050. The Morgan fingerprint density at radius 2 is 1.72 bits per heavy atom. The second-order valence-electron chi connectivity index (χ2n) is 6.58. The van der Waals surface area contributed by atoms with Crippen molar-refractivity contribution in [1.82, 2.24) is 0 Å². The molecule has 1 heterocycles. The highest BCUT2D eigenvalue weighted by Crippen LogP contribution is 2.41. The van der Waals surface area contributed by atoms with E-state index in [1.54, 1.807) is 56.5 Å². The molecule has 1 atom stereocenters. The van der Waals surface area contributed by atoms with Crippen LogP contribution in [0.2, 0.25) is 0 Å². The summed E-state index contributed by atoms with van der Waals surface area (Å²) in [6, 6.07) is 10.1. The predicted molar refractivity (Wildman–Crippen MR) is 122 cm³/mol. The van der Waals surface area contributed by atoms with Crippen molar-refractivity contribution in [2.24, 2.45) is 10.9 Å². The maximum absolute atomic E-state index is 13.1. The van der Waals surface area contributed by atoms with Gasteiger partial charge in [-0.05, 0) is 55.0 Å². The smallest absolute Gasteiger partial charge is 0.323 e. The van der Waals surface area contributed by atoms with Gasteiger partial charge in [-0.15, -0.1) is 0 Å². The van der Waals surface area contributed by atoms with Gasteiger partial charge < -0.3 is 24.1 Å². The number of phenolic OH excluding ortho intramolecular Hbond substituents is 1. The summed E-state index contributed by atoms with van der Waals surface area (Å²) in [5.41, 5.74) is 1.13. The normalized spacial score (nSPS) is 18.1. The third-order valence-corrected chi connectivity index (χ3v) is 5.68. The van der Waals surface area contributed by atoms with Crippen molar-refractivity contribution in [3.63, 3.8) is 0 Å². The van der Waals surface area contributed by atoms with Gasteiger partial charge in [-0.2, -0.15) is 0 Å². The summed E-state index contributed by atoms with van der Waals surface area (Å²) in [4.78, 5) is 30.5. The van der Waals surface area contributed by atoms with Gasteiger partial charge >= 0.3 is 5.97 Å². The number of carbonyl (C=O) groups is 2. The van der Waals surface area contributed by atoms with Gasteiger partial charge in [0.1, 0.15) is 10.8 Å². The van der Waals surface area contributed by atoms with Crippen LogP contribution in [0.1, 0.15) is 12.5 Å². The molecule has 1 N–H and O–H groups in total. The van der Waals surface area contributed by atoms with Crippen LogP contribution >= 0.6 is 11.8 Å². The standard InChI is InChI=1S/C23H23NO7S/c1-5-31-23(27)19-21(26)18(12-13-10-16(29-3)20(25)17(11-13)30-4)32-22(19)24-14-6-8-15(28-2)9-7-14/h6-12,19,25H,5H2,1-4H3/b18-12-,24-22?. The first kappa shape index (κ1) is 23.2. The van der Waals surface area contributed by atoms with Crippen LogP contribution < -0.4 is 14.2 Å². The van der Waals surface area contributed by atoms with Crippen LogP contribution in [-0.2, 0) is 14.3 Å². The van der Waals surface area contributed by atoms with Gasteiger partial charge in [0, 0.05) is 0 Å². The molecule has 3 rings (SSSR count). The number of methoxy groups -OCH3 is 3. The number of allylic oxidation sites excluding steroid dienone is 1. The molecule has 1 aliphatic heterocycles. The van der Waals surface area contributed by atoms with Crippen molar-refractivity contribution in [3.8, 4) is 23.0 Å². The molecule has 0 radical (unpaired) electrons. The predicted octanol–water partition coefficient (Wildman–Crippen LogP) is 3.98. The van der Waals surface area contributed by atoms with Gasteiger partial charge in [0.2, 0.25) is 5.75 Å². The van der Waals surface area contributed by atoms with Crippen LogP contribution in [0.4, 0.5) is 5.69 Å². The number of benzene rings is 2. The lowest BCUT2D eigenvalue weighted by molar-refractivity contribution is -0.147. The van der Waals surface area contributed by atoms with Crippen molar-refractivity contribution >= 4 is 40.3 Å². The molecule has 1 aliphatic rings. The summed E-state index contributed by atoms with van der Waals surface area (Å²) >= 11 is 1.10. The summed E-state index contributed by atoms with van der Waals surface area (Å²) in [5, 5.41) is 10.4. The molecule has 0 bridgehead atoms. The van der Waals surface area contributed by atoms with E-state index in [9.17, 15) is 14.7 Å². The zero-order valence-electron chi connectivity index (χ0n) is 18.1. The van der Waals surface area contributed by atoms with Crippen LogP contribution in [0.3, 0.4) is 0 Å². The minimum Gasteiger partial charge on any atom is -0.502 e. The van der Waals surface area contributed by atoms with Gasteiger partial charge in [-0.25, -0.2) is 4.99 Å². The fraction of sp³-hybridized carbons (Fsp3) is 0.261. The second-order valence-corrected chi connectivity index (χ2v) is 7.64. The van der Waals surface area contributed by atoms with Gasteiger partial charge in [0.05, 0.1) is 38.5 Å². The molecule has 2 aromatic rings. The highest BCUT2D eigenvalue weighted by molar-refractivity contribution is 8.19. The minimum absolute atomic E-state index is 0.145. The van der Waals surface area contributed by atoms with Gasteiger partial charge in [-0.1, -0.05) is 11.8 Å². The van der Waals surface area contributed by atoms with E-state index in [0.717, 1.165) is 11.8 Å². The lowest BCUT2D eigenvalue weighted by atomic mass is 10.0. The monoisotopic (exact) mass is 457 g/mol. The van der Waals surface area contributed by atoms with Crippen molar-refractivity contribution in [2.45, 2.75) is 6.92 Å². The summed E-state index contributed by atoms with van der Waals surface area (Å²) < 4.78 is 20.6. The SMILES string of the molecule is CCOC(=O)C1C(=O)/C(=C/c2cc(OC)c(O)c(OC)c2)SC1=Nc1ccc(OC)cc1. The molecular weight excluding hydrogens is 434 g/mol. The first-order valence-corrected chi connectivity index (χ1v) is 10.5. The Balaban J connectivity index is 2.02. The van der Waals surface area contributed by atoms with Crippen LogP contribution in [-0.4, -0.2) is 49.8 Å². The zero-order valence-corrected chi connectivity index (χ0v) is 18.9. The first-order valence-electron chi connectivity index (χ1n) is 9.69. The average molecular weight is 458 g/mol. The number of nitrogens with zero attached hydrogens (tertiary/aromatic N) is 1. The number of hydrogen-bond acceptors (Lipinski definition) is 9. The molecule has 0 amide bonds. The Kier molecular flexibility index (Phi) is 7.42. The lowest BCUT2D eigenvalue weighted by Crippen LogP contribution is -2.27. The summed E-state index contributed by atoms with van der Waals surface area (Å²) in [6.45, 7) is 1.82. The molecule has 2 aromatic carbocycles. The number of carbonyl (C=O) groups excluding carboxylic acids is 2. The van der Waals surface area contributed by atoms with Crippen molar-refractivity contribution in [1.29, 1.82) is 0 Å². The maximum Gasteiger partial charge on any atom is 0.323 e. The number of aromatic hydroxyl groups is 1. The Morgan fingerprint density at radius 3 is 2.25 bits per heavy atom. The number of rotatable bonds is 7. The molecule has 0 aromatic heterocycles. The van der Waals surface area contributed by atoms with Crippen molar-refractivity contribution in [3.05, 3.63) is 46.9 Å². The number of ketones is 1. The number of esters is 1. The fourth-order valence-electron chi connectivity index (χ4n) is 3.03. The minimum atomic E-state index is -1.14. The number of phenols is 1. The molecule has 0 saturated carbocycles. The molecule has 0 aliphatic carbocycles. The molecule has 9 heteroatoms.